The van der Waals surface area contributed by atoms with E-state index in [1.807, 2.05) is 23.5 Å². The fourth-order valence-corrected chi connectivity index (χ4v) is 12.3. The minimum Gasteiger partial charge on any atom is -0.0911 e. The van der Waals surface area contributed by atoms with Crippen LogP contribution in [0, 0.1) is 0 Å². The lowest BCUT2D eigenvalue weighted by Crippen LogP contribution is -2.58. The predicted octanol–water partition coefficient (Wildman–Crippen LogP) is 14.1. The van der Waals surface area contributed by atoms with Crippen LogP contribution in [0.5, 0.6) is 0 Å². The molecule has 0 spiro atoms. The Morgan fingerprint density at radius 3 is 1.48 bits per heavy atom. The third-order valence-corrected chi connectivity index (χ3v) is 15.3. The second-order valence-corrected chi connectivity index (χ2v) is 20.2. The van der Waals surface area contributed by atoms with Crippen molar-refractivity contribution in [1.29, 1.82) is 0 Å². The first-order chi connectivity index (χ1) is 29.1. The fourth-order valence-electron chi connectivity index (χ4n) is 9.75. The van der Waals surface area contributed by atoms with Gasteiger partial charge in [0.25, 0.3) is 0 Å². The number of rotatable bonds is 5. The Bertz CT molecular complexity index is 3100. The lowest BCUT2D eigenvalue weighted by atomic mass is 9.36. The largest absolute Gasteiger partial charge is 0.247 e. The summed E-state index contributed by atoms with van der Waals surface area (Å²) in [6, 6.07) is 68.7. The van der Waals surface area contributed by atoms with Crippen LogP contribution in [0.2, 0.25) is 0 Å². The molecule has 2 heterocycles. The third kappa shape index (κ3) is 6.08. The van der Waals surface area contributed by atoms with E-state index < -0.39 is 0 Å². The molecule has 0 bridgehead atoms. The van der Waals surface area contributed by atoms with Crippen LogP contribution >= 0.6 is 23.5 Å². The lowest BCUT2D eigenvalue weighted by molar-refractivity contribution is 0.591. The van der Waals surface area contributed by atoms with Crippen LogP contribution in [-0.4, -0.2) is 6.71 Å². The highest BCUT2D eigenvalue weighted by atomic mass is 32.2. The smallest absolute Gasteiger partial charge is 0.0911 e. The molecule has 0 saturated heterocycles. The first-order valence-electron chi connectivity index (χ1n) is 21.1. The van der Waals surface area contributed by atoms with Gasteiger partial charge in [-0.15, -0.1) is 0 Å². The van der Waals surface area contributed by atoms with Crippen LogP contribution in [0.1, 0.15) is 51.3 Å². The summed E-state index contributed by atoms with van der Waals surface area (Å²) in [5, 5.41) is 5.13. The van der Waals surface area contributed by atoms with Crippen molar-refractivity contribution in [2.75, 3.05) is 0 Å². The maximum atomic E-state index is 2.50. The molecular formula is C57H45BS2. The molecule has 0 saturated carbocycles. The Balaban J connectivity index is 1.12. The highest BCUT2D eigenvalue weighted by Gasteiger charge is 2.39. The number of benzene rings is 9. The number of hydrogen-bond acceptors (Lipinski definition) is 2. The van der Waals surface area contributed by atoms with Gasteiger partial charge in [0.1, 0.15) is 0 Å². The summed E-state index contributed by atoms with van der Waals surface area (Å²) in [5.41, 5.74) is 15.8. The molecule has 0 amide bonds. The fraction of sp³-hybridized carbons (Fsp3) is 0.123. The van der Waals surface area contributed by atoms with Crippen LogP contribution in [0.15, 0.2) is 202 Å². The molecule has 288 valence electrons. The van der Waals surface area contributed by atoms with Gasteiger partial charge in [-0.1, -0.05) is 221 Å². The van der Waals surface area contributed by atoms with Crippen molar-refractivity contribution in [2.24, 2.45) is 0 Å². The van der Waals surface area contributed by atoms with Gasteiger partial charge in [0, 0.05) is 25.0 Å². The van der Waals surface area contributed by atoms with E-state index in [9.17, 15) is 0 Å². The zero-order valence-corrected chi connectivity index (χ0v) is 36.3. The topological polar surface area (TPSA) is 0 Å². The average Bonchev–Trinajstić information content (AvgIpc) is 3.27. The Morgan fingerprint density at radius 1 is 0.350 bits per heavy atom. The Morgan fingerprint density at radius 2 is 0.850 bits per heavy atom. The van der Waals surface area contributed by atoms with Gasteiger partial charge in [0.2, 0.25) is 6.71 Å². The predicted molar refractivity (Wildman–Crippen MR) is 261 cm³/mol. The maximum absolute atomic E-state index is 2.50. The zero-order valence-electron chi connectivity index (χ0n) is 34.7. The summed E-state index contributed by atoms with van der Waals surface area (Å²) in [7, 11) is 0. The van der Waals surface area contributed by atoms with Crippen LogP contribution in [-0.2, 0) is 10.8 Å². The normalized spacial score (nSPS) is 13.2. The van der Waals surface area contributed by atoms with E-state index >= 15 is 0 Å². The van der Waals surface area contributed by atoms with Crippen LogP contribution < -0.4 is 16.4 Å². The molecule has 2 aliphatic heterocycles. The van der Waals surface area contributed by atoms with Crippen molar-refractivity contribution in [1.82, 2.24) is 0 Å². The molecule has 0 atom stereocenters. The van der Waals surface area contributed by atoms with E-state index in [1.165, 1.54) is 108 Å². The number of hydrogen-bond donors (Lipinski definition) is 0. The Labute approximate surface area is 363 Å². The molecule has 0 unspecified atom stereocenters. The van der Waals surface area contributed by atoms with Gasteiger partial charge < -0.3 is 0 Å². The molecule has 0 N–H and O–H groups in total. The van der Waals surface area contributed by atoms with E-state index in [0.29, 0.717) is 0 Å². The summed E-state index contributed by atoms with van der Waals surface area (Å²) in [6.45, 7) is 12.0. The highest BCUT2D eigenvalue weighted by molar-refractivity contribution is 8.01. The lowest BCUT2D eigenvalue weighted by Gasteiger charge is -2.35. The van der Waals surface area contributed by atoms with Crippen molar-refractivity contribution >= 4 is 68.2 Å². The quantitative estimate of drug-likeness (QED) is 0.126. The third-order valence-electron chi connectivity index (χ3n) is 13.0. The molecule has 9 aromatic rings. The molecule has 2 aliphatic rings. The van der Waals surface area contributed by atoms with Gasteiger partial charge in [-0.3, -0.25) is 0 Å². The summed E-state index contributed by atoms with van der Waals surface area (Å²) in [5.74, 6) is 0. The second-order valence-electron chi connectivity index (χ2n) is 18.1. The zero-order chi connectivity index (χ0) is 40.8. The van der Waals surface area contributed by atoms with Gasteiger partial charge >= 0.3 is 0 Å². The van der Waals surface area contributed by atoms with Crippen molar-refractivity contribution in [3.63, 3.8) is 0 Å². The summed E-state index contributed by atoms with van der Waals surface area (Å²) in [4.78, 5) is 5.44. The van der Waals surface area contributed by atoms with Crippen LogP contribution in [0.25, 0.3) is 54.9 Å². The minimum atomic E-state index is -0.123. The number of fused-ring (bicyclic) bond motifs is 6. The molecule has 0 radical (unpaired) electrons. The Kier molecular flexibility index (Phi) is 8.82. The van der Waals surface area contributed by atoms with Crippen molar-refractivity contribution < 1.29 is 0 Å². The van der Waals surface area contributed by atoms with Gasteiger partial charge in [0.15, 0.2) is 0 Å². The molecule has 0 fully saturated rings. The summed E-state index contributed by atoms with van der Waals surface area (Å²) < 4.78 is 0. The molecule has 0 aliphatic carbocycles. The molecule has 0 aromatic heterocycles. The first kappa shape index (κ1) is 37.3. The average molecular weight is 805 g/mol. The van der Waals surface area contributed by atoms with Crippen molar-refractivity contribution in [3.05, 3.63) is 199 Å². The van der Waals surface area contributed by atoms with E-state index in [0.717, 1.165) is 0 Å². The van der Waals surface area contributed by atoms with Crippen LogP contribution in [0.4, 0.5) is 0 Å². The van der Waals surface area contributed by atoms with Gasteiger partial charge in [-0.2, -0.15) is 0 Å². The van der Waals surface area contributed by atoms with Gasteiger partial charge in [-0.05, 0) is 113 Å². The minimum absolute atomic E-state index is 0.0583. The van der Waals surface area contributed by atoms with Crippen molar-refractivity contribution in [2.45, 2.75) is 65.0 Å². The van der Waals surface area contributed by atoms with Gasteiger partial charge in [0.05, 0.1) is 0 Å². The summed E-state index contributed by atoms with van der Waals surface area (Å²) in [6.07, 6.45) is 0. The highest BCUT2D eigenvalue weighted by Crippen LogP contribution is 2.47. The SMILES string of the molecule is CC(C)(C)c1cc(-c2cc3c4c(c2)Sc2cc(C(C)(C)c5ccccc5)ccc2B4c2ccccc2S3)cc(-c2c3ccccc3c(-c3ccccc3)c3ccccc23)c1. The molecule has 3 heteroatoms. The van der Waals surface area contributed by atoms with Crippen LogP contribution in [0.3, 0.4) is 0 Å². The van der Waals surface area contributed by atoms with E-state index in [-0.39, 0.29) is 17.5 Å². The molecule has 0 nitrogen and oxygen atoms in total. The molecule has 60 heavy (non-hydrogen) atoms. The van der Waals surface area contributed by atoms with Gasteiger partial charge in [-0.25, -0.2) is 0 Å². The molecular weight excluding hydrogens is 760 g/mol. The van der Waals surface area contributed by atoms with E-state index in [1.54, 1.807) is 0 Å². The van der Waals surface area contributed by atoms with E-state index in [2.05, 4.69) is 217 Å². The summed E-state index contributed by atoms with van der Waals surface area (Å²) >= 11 is 3.90. The standard InChI is InChI=1S/C57H45BS2/c1-56(2,3)42-31-37(30-39(32-42)54-45-24-14-12-22-43(45)53(36-18-8-6-9-19-36)44-23-13-15-25-46(44)54)38-33-51-55-52(34-38)60-50-35-41(57(4,5)40-20-10-7-11-21-40)28-29-48(50)58(55)47-26-16-17-27-49(47)59-51/h6-35H,1-5H3. The molecule has 9 aromatic carbocycles. The Hall–Kier alpha value is -5.74. The maximum Gasteiger partial charge on any atom is 0.247 e. The van der Waals surface area contributed by atoms with E-state index in [4.69, 9.17) is 0 Å². The molecule has 11 rings (SSSR count). The first-order valence-corrected chi connectivity index (χ1v) is 22.7. The second kappa shape index (κ2) is 14.2. The van der Waals surface area contributed by atoms with Crippen molar-refractivity contribution in [3.8, 4) is 33.4 Å². The monoisotopic (exact) mass is 804 g/mol.